The summed E-state index contributed by atoms with van der Waals surface area (Å²) in [6, 6.07) is 6.30. The largest absolute Gasteiger partial charge is 0.377 e. The molecule has 0 N–H and O–H groups in total. The maximum Gasteiger partial charge on any atom is 0.275 e. The van der Waals surface area contributed by atoms with Crippen molar-refractivity contribution in [2.45, 2.75) is 32.2 Å². The van der Waals surface area contributed by atoms with Crippen LogP contribution in [0, 0.1) is 5.82 Å². The molecule has 5 nitrogen and oxygen atoms in total. The molecule has 0 unspecified atom stereocenters. The summed E-state index contributed by atoms with van der Waals surface area (Å²) in [5.74, 6) is -0.300. The minimum absolute atomic E-state index is 0.0233. The van der Waals surface area contributed by atoms with Crippen molar-refractivity contribution in [1.29, 1.82) is 0 Å². The number of nitrogens with zero attached hydrogens (tertiary/aromatic N) is 3. The molecule has 1 aliphatic heterocycles. The fourth-order valence-corrected chi connectivity index (χ4v) is 3.57. The number of morpholine rings is 1. The van der Waals surface area contributed by atoms with Gasteiger partial charge in [0.25, 0.3) is 5.91 Å². The van der Waals surface area contributed by atoms with Crippen LogP contribution in [-0.4, -0.2) is 46.4 Å². The fourth-order valence-electron chi connectivity index (χ4n) is 3.57. The topological polar surface area (TPSA) is 47.4 Å². The van der Waals surface area contributed by atoms with E-state index in [0.717, 1.165) is 36.2 Å². The molecule has 2 aliphatic rings. The fraction of sp³-hybridized carbons (Fsp3) is 0.444. The summed E-state index contributed by atoms with van der Waals surface area (Å²) in [5.41, 5.74) is 3.46. The van der Waals surface area contributed by atoms with Crippen molar-refractivity contribution in [2.24, 2.45) is 0 Å². The minimum atomic E-state index is -0.277. The smallest absolute Gasteiger partial charge is 0.275 e. The Bertz CT molecular complexity index is 769. The number of hydrogen-bond donors (Lipinski definition) is 0. The van der Waals surface area contributed by atoms with Crippen LogP contribution in [0.2, 0.25) is 0 Å². The first-order valence-corrected chi connectivity index (χ1v) is 8.40. The number of aromatic nitrogens is 2. The molecule has 1 atom stereocenters. The van der Waals surface area contributed by atoms with Crippen LogP contribution in [0.5, 0.6) is 0 Å². The van der Waals surface area contributed by atoms with Crippen LogP contribution in [0.15, 0.2) is 24.3 Å². The number of hydrogen-bond acceptors (Lipinski definition) is 3. The normalized spacial score (nSPS) is 20.2. The summed E-state index contributed by atoms with van der Waals surface area (Å²) < 4.78 is 20.4. The molecule has 6 heteroatoms. The van der Waals surface area contributed by atoms with Gasteiger partial charge >= 0.3 is 0 Å². The van der Waals surface area contributed by atoms with Crippen molar-refractivity contribution in [3.05, 3.63) is 47.0 Å². The lowest BCUT2D eigenvalue weighted by Crippen LogP contribution is -2.47. The van der Waals surface area contributed by atoms with Gasteiger partial charge in [0.15, 0.2) is 5.69 Å². The standard InChI is InChI=1S/C18H20FN3O2/c1-12-11-24-10-9-21(12)18(23)17-15-3-2-4-16(15)22(20-17)14-7-5-13(19)6-8-14/h5-8,12H,2-4,9-11H2,1H3/t12-/m0/s1. The van der Waals surface area contributed by atoms with E-state index in [9.17, 15) is 9.18 Å². The lowest BCUT2D eigenvalue weighted by molar-refractivity contribution is 0.00319. The number of amides is 1. The van der Waals surface area contributed by atoms with E-state index in [1.807, 2.05) is 11.8 Å². The van der Waals surface area contributed by atoms with Gasteiger partial charge in [-0.05, 0) is 50.5 Å². The molecule has 2 aromatic rings. The van der Waals surface area contributed by atoms with Crippen molar-refractivity contribution in [3.8, 4) is 5.69 Å². The third kappa shape index (κ3) is 2.51. The van der Waals surface area contributed by atoms with Crippen LogP contribution in [0.1, 0.15) is 35.1 Å². The highest BCUT2D eigenvalue weighted by Gasteiger charge is 2.32. The molecular weight excluding hydrogens is 309 g/mol. The third-order valence-electron chi connectivity index (χ3n) is 4.83. The average molecular weight is 329 g/mol. The molecular formula is C18H20FN3O2. The lowest BCUT2D eigenvalue weighted by atomic mass is 10.1. The molecule has 1 aliphatic carbocycles. The highest BCUT2D eigenvalue weighted by molar-refractivity contribution is 5.94. The van der Waals surface area contributed by atoms with E-state index in [-0.39, 0.29) is 17.8 Å². The van der Waals surface area contributed by atoms with Crippen LogP contribution in [0.3, 0.4) is 0 Å². The van der Waals surface area contributed by atoms with Gasteiger partial charge in [0.1, 0.15) is 5.82 Å². The molecule has 1 saturated heterocycles. The maximum absolute atomic E-state index is 13.2. The molecule has 0 bridgehead atoms. The highest BCUT2D eigenvalue weighted by Crippen LogP contribution is 2.29. The Kier molecular flexibility index (Phi) is 3.84. The van der Waals surface area contributed by atoms with Gasteiger partial charge in [-0.3, -0.25) is 4.79 Å². The first-order valence-electron chi connectivity index (χ1n) is 8.40. The van der Waals surface area contributed by atoms with Gasteiger partial charge in [0.2, 0.25) is 0 Å². The number of fused-ring (bicyclic) bond motifs is 1. The van der Waals surface area contributed by atoms with Crippen LogP contribution in [0.4, 0.5) is 4.39 Å². The van der Waals surface area contributed by atoms with E-state index in [2.05, 4.69) is 5.10 Å². The quantitative estimate of drug-likeness (QED) is 0.850. The van der Waals surface area contributed by atoms with Gasteiger partial charge in [-0.2, -0.15) is 5.10 Å². The second-order valence-corrected chi connectivity index (χ2v) is 6.44. The highest BCUT2D eigenvalue weighted by atomic mass is 19.1. The van der Waals surface area contributed by atoms with Gasteiger partial charge in [-0.15, -0.1) is 0 Å². The Labute approximate surface area is 140 Å². The van der Waals surface area contributed by atoms with E-state index in [1.165, 1.54) is 12.1 Å². The van der Waals surface area contributed by atoms with E-state index >= 15 is 0 Å². The van der Waals surface area contributed by atoms with Crippen LogP contribution < -0.4 is 0 Å². The van der Waals surface area contributed by atoms with E-state index in [0.29, 0.717) is 25.5 Å². The zero-order valence-corrected chi connectivity index (χ0v) is 13.7. The van der Waals surface area contributed by atoms with Crippen molar-refractivity contribution in [2.75, 3.05) is 19.8 Å². The van der Waals surface area contributed by atoms with Crippen LogP contribution in [-0.2, 0) is 17.6 Å². The second-order valence-electron chi connectivity index (χ2n) is 6.44. The molecule has 1 fully saturated rings. The Hall–Kier alpha value is -2.21. The summed E-state index contributed by atoms with van der Waals surface area (Å²) in [4.78, 5) is 14.8. The molecule has 126 valence electrons. The van der Waals surface area contributed by atoms with Crippen molar-refractivity contribution >= 4 is 5.91 Å². The summed E-state index contributed by atoms with van der Waals surface area (Å²) in [6.45, 7) is 3.72. The van der Waals surface area contributed by atoms with Crippen molar-refractivity contribution in [1.82, 2.24) is 14.7 Å². The second kappa shape index (κ2) is 6.02. The van der Waals surface area contributed by atoms with Crippen LogP contribution >= 0.6 is 0 Å². The monoisotopic (exact) mass is 329 g/mol. The Morgan fingerprint density at radius 3 is 2.83 bits per heavy atom. The summed E-state index contributed by atoms with van der Waals surface area (Å²) in [6.07, 6.45) is 2.79. The van der Waals surface area contributed by atoms with Gasteiger partial charge in [-0.25, -0.2) is 9.07 Å². The number of rotatable bonds is 2. The first-order chi connectivity index (χ1) is 11.6. The summed E-state index contributed by atoms with van der Waals surface area (Å²) >= 11 is 0. The van der Waals surface area contributed by atoms with Crippen LogP contribution in [0.25, 0.3) is 5.69 Å². The predicted octanol–water partition coefficient (Wildman–Crippen LogP) is 2.36. The Balaban J connectivity index is 1.73. The molecule has 4 rings (SSSR count). The predicted molar refractivity (Wildman–Crippen MR) is 86.9 cm³/mol. The molecule has 1 amide bonds. The third-order valence-corrected chi connectivity index (χ3v) is 4.83. The summed E-state index contributed by atoms with van der Waals surface area (Å²) in [5, 5.41) is 4.60. The van der Waals surface area contributed by atoms with E-state index in [4.69, 9.17) is 4.74 Å². The number of ether oxygens (including phenoxy) is 1. The van der Waals surface area contributed by atoms with E-state index < -0.39 is 0 Å². The average Bonchev–Trinajstić information content (AvgIpc) is 3.18. The molecule has 1 aromatic carbocycles. The van der Waals surface area contributed by atoms with Gasteiger partial charge < -0.3 is 9.64 Å². The molecule has 2 heterocycles. The van der Waals surface area contributed by atoms with Gasteiger partial charge in [0, 0.05) is 17.8 Å². The van der Waals surface area contributed by atoms with Gasteiger partial charge in [0.05, 0.1) is 24.9 Å². The zero-order chi connectivity index (χ0) is 16.7. The summed E-state index contributed by atoms with van der Waals surface area (Å²) in [7, 11) is 0. The van der Waals surface area contributed by atoms with Gasteiger partial charge in [-0.1, -0.05) is 0 Å². The molecule has 0 saturated carbocycles. The first kappa shape index (κ1) is 15.3. The number of halogens is 1. The lowest BCUT2D eigenvalue weighted by Gasteiger charge is -2.32. The number of carbonyl (C=O) groups excluding carboxylic acids is 1. The SMILES string of the molecule is C[C@H]1COCCN1C(=O)c1nn(-c2ccc(F)cc2)c2c1CCC2. The van der Waals surface area contributed by atoms with Crippen molar-refractivity contribution in [3.63, 3.8) is 0 Å². The Morgan fingerprint density at radius 2 is 2.08 bits per heavy atom. The zero-order valence-electron chi connectivity index (χ0n) is 13.7. The molecule has 0 radical (unpaired) electrons. The number of carbonyl (C=O) groups is 1. The molecule has 0 spiro atoms. The molecule has 24 heavy (non-hydrogen) atoms. The Morgan fingerprint density at radius 1 is 1.29 bits per heavy atom. The minimum Gasteiger partial charge on any atom is -0.377 e. The number of benzene rings is 1. The van der Waals surface area contributed by atoms with Crippen molar-refractivity contribution < 1.29 is 13.9 Å². The van der Waals surface area contributed by atoms with E-state index in [1.54, 1.807) is 16.8 Å². The maximum atomic E-state index is 13.2. The molecule has 1 aromatic heterocycles.